The van der Waals surface area contributed by atoms with Crippen LogP contribution in [0.2, 0.25) is 0 Å². The van der Waals surface area contributed by atoms with Crippen molar-refractivity contribution in [3.05, 3.63) is 24.0 Å². The molecule has 0 radical (unpaired) electrons. The number of aromatic nitrogens is 1. The predicted molar refractivity (Wildman–Crippen MR) is 45.0 cm³/mol. The Morgan fingerprint density at radius 3 is 2.29 bits per heavy atom. The molecular formula is C9H10F3NO. The molecule has 0 fully saturated rings. The molecule has 0 saturated carbocycles. The van der Waals surface area contributed by atoms with Crippen molar-refractivity contribution >= 4 is 0 Å². The van der Waals surface area contributed by atoms with Gasteiger partial charge >= 0.3 is 6.18 Å². The van der Waals surface area contributed by atoms with Gasteiger partial charge in [-0.2, -0.15) is 13.2 Å². The van der Waals surface area contributed by atoms with Crippen LogP contribution in [0, 0.1) is 0 Å². The van der Waals surface area contributed by atoms with E-state index >= 15 is 0 Å². The van der Waals surface area contributed by atoms with Gasteiger partial charge in [0.15, 0.2) is 0 Å². The maximum atomic E-state index is 12.1. The summed E-state index contributed by atoms with van der Waals surface area (Å²) in [5, 5.41) is 0. The third-order valence-electron chi connectivity index (χ3n) is 1.40. The van der Waals surface area contributed by atoms with E-state index in [1.54, 1.807) is 13.8 Å². The lowest BCUT2D eigenvalue weighted by Gasteiger charge is -2.10. The van der Waals surface area contributed by atoms with Crippen molar-refractivity contribution < 1.29 is 17.9 Å². The Bertz CT molecular complexity index is 292. The van der Waals surface area contributed by atoms with E-state index in [2.05, 4.69) is 4.98 Å². The van der Waals surface area contributed by atoms with E-state index in [1.807, 2.05) is 0 Å². The van der Waals surface area contributed by atoms with Crippen LogP contribution in [0.15, 0.2) is 18.3 Å². The van der Waals surface area contributed by atoms with Crippen molar-refractivity contribution in [1.29, 1.82) is 0 Å². The summed E-state index contributed by atoms with van der Waals surface area (Å²) in [6, 6.07) is 2.16. The van der Waals surface area contributed by atoms with E-state index in [0.29, 0.717) is 5.75 Å². The fourth-order valence-corrected chi connectivity index (χ4v) is 0.890. The first-order valence-corrected chi connectivity index (χ1v) is 4.09. The van der Waals surface area contributed by atoms with Gasteiger partial charge in [-0.05, 0) is 26.0 Å². The molecule has 1 rings (SSSR count). The van der Waals surface area contributed by atoms with Crippen LogP contribution < -0.4 is 4.74 Å². The molecule has 1 aromatic heterocycles. The number of halogens is 3. The molecule has 0 spiro atoms. The van der Waals surface area contributed by atoms with Gasteiger partial charge in [-0.15, -0.1) is 0 Å². The molecule has 2 nitrogen and oxygen atoms in total. The minimum Gasteiger partial charge on any atom is -0.489 e. The number of hydrogen-bond acceptors (Lipinski definition) is 2. The Kier molecular flexibility index (Phi) is 2.98. The van der Waals surface area contributed by atoms with E-state index in [-0.39, 0.29) is 6.10 Å². The van der Waals surface area contributed by atoms with Gasteiger partial charge in [-0.3, -0.25) is 0 Å². The first-order valence-electron chi connectivity index (χ1n) is 4.09. The van der Waals surface area contributed by atoms with Crippen molar-refractivity contribution in [2.75, 3.05) is 0 Å². The number of nitrogens with zero attached hydrogens (tertiary/aromatic N) is 1. The van der Waals surface area contributed by atoms with Crippen LogP contribution in [0.3, 0.4) is 0 Å². The van der Waals surface area contributed by atoms with E-state index in [4.69, 9.17) is 4.74 Å². The Hall–Kier alpha value is -1.26. The van der Waals surface area contributed by atoms with Crippen LogP contribution in [0.5, 0.6) is 5.75 Å². The number of hydrogen-bond donors (Lipinski definition) is 0. The number of rotatable bonds is 2. The molecule has 1 aromatic rings. The van der Waals surface area contributed by atoms with Crippen LogP contribution in [-0.2, 0) is 6.18 Å². The van der Waals surface area contributed by atoms with E-state index in [1.165, 1.54) is 6.07 Å². The maximum absolute atomic E-state index is 12.1. The molecule has 1 heterocycles. The highest BCUT2D eigenvalue weighted by molar-refractivity contribution is 5.21. The minimum absolute atomic E-state index is 0.0754. The Morgan fingerprint density at radius 1 is 1.29 bits per heavy atom. The first kappa shape index (κ1) is 10.8. The second-order valence-corrected chi connectivity index (χ2v) is 3.04. The lowest BCUT2D eigenvalue weighted by atomic mass is 10.3. The van der Waals surface area contributed by atoms with Crippen molar-refractivity contribution in [2.24, 2.45) is 0 Å². The summed E-state index contributed by atoms with van der Waals surface area (Å²) in [4.78, 5) is 3.25. The monoisotopic (exact) mass is 205 g/mol. The van der Waals surface area contributed by atoms with Gasteiger partial charge < -0.3 is 4.74 Å². The van der Waals surface area contributed by atoms with Crippen molar-refractivity contribution in [1.82, 2.24) is 4.98 Å². The molecule has 0 aromatic carbocycles. The third-order valence-corrected chi connectivity index (χ3v) is 1.40. The fourth-order valence-electron chi connectivity index (χ4n) is 0.890. The second kappa shape index (κ2) is 3.86. The number of ether oxygens (including phenoxy) is 1. The van der Waals surface area contributed by atoms with Crippen LogP contribution in [0.25, 0.3) is 0 Å². The van der Waals surface area contributed by atoms with Gasteiger partial charge in [0.2, 0.25) is 0 Å². The van der Waals surface area contributed by atoms with E-state index in [0.717, 1.165) is 12.3 Å². The minimum atomic E-state index is -4.39. The largest absolute Gasteiger partial charge is 0.489 e. The standard InChI is InChI=1S/C9H10F3NO/c1-6(2)14-7-3-4-8(13-5-7)9(10,11)12/h3-6H,1-2H3. The van der Waals surface area contributed by atoms with Crippen molar-refractivity contribution in [3.63, 3.8) is 0 Å². The van der Waals surface area contributed by atoms with Crippen LogP contribution >= 0.6 is 0 Å². The zero-order chi connectivity index (χ0) is 10.8. The highest BCUT2D eigenvalue weighted by Crippen LogP contribution is 2.28. The van der Waals surface area contributed by atoms with Crippen molar-refractivity contribution in [3.8, 4) is 5.75 Å². The highest BCUT2D eigenvalue weighted by Gasteiger charge is 2.32. The molecule has 0 unspecified atom stereocenters. The van der Waals surface area contributed by atoms with E-state index in [9.17, 15) is 13.2 Å². The summed E-state index contributed by atoms with van der Waals surface area (Å²) in [5.41, 5.74) is -0.909. The fraction of sp³-hybridized carbons (Fsp3) is 0.444. The first-order chi connectivity index (χ1) is 6.39. The molecule has 5 heteroatoms. The summed E-state index contributed by atoms with van der Waals surface area (Å²) >= 11 is 0. The molecule has 0 aliphatic heterocycles. The van der Waals surface area contributed by atoms with Gasteiger partial charge in [0, 0.05) is 0 Å². The zero-order valence-electron chi connectivity index (χ0n) is 7.80. The van der Waals surface area contributed by atoms with Crippen molar-refractivity contribution in [2.45, 2.75) is 26.1 Å². The molecule has 14 heavy (non-hydrogen) atoms. The lowest BCUT2D eigenvalue weighted by molar-refractivity contribution is -0.141. The molecular weight excluding hydrogens is 195 g/mol. The zero-order valence-corrected chi connectivity index (χ0v) is 7.80. The molecule has 0 aliphatic rings. The van der Waals surface area contributed by atoms with Crippen LogP contribution in [0.4, 0.5) is 13.2 Å². The van der Waals surface area contributed by atoms with Gasteiger partial charge in [0.1, 0.15) is 11.4 Å². The Balaban J connectivity index is 2.79. The van der Waals surface area contributed by atoms with Gasteiger partial charge in [-0.1, -0.05) is 0 Å². The lowest BCUT2D eigenvalue weighted by Crippen LogP contribution is -2.09. The quantitative estimate of drug-likeness (QED) is 0.740. The SMILES string of the molecule is CC(C)Oc1ccc(C(F)(F)F)nc1. The third kappa shape index (κ3) is 2.90. The molecule has 0 atom stereocenters. The molecule has 78 valence electrons. The molecule has 0 bridgehead atoms. The summed E-state index contributed by atoms with van der Waals surface area (Å²) in [5.74, 6) is 0.341. The summed E-state index contributed by atoms with van der Waals surface area (Å²) in [7, 11) is 0. The molecule has 0 amide bonds. The average Bonchev–Trinajstić information content (AvgIpc) is 2.02. The van der Waals surface area contributed by atoms with Crippen LogP contribution in [-0.4, -0.2) is 11.1 Å². The maximum Gasteiger partial charge on any atom is 0.433 e. The average molecular weight is 205 g/mol. The van der Waals surface area contributed by atoms with Gasteiger partial charge in [0.05, 0.1) is 12.3 Å². The Labute approximate surface area is 79.7 Å². The normalized spacial score (nSPS) is 11.9. The smallest absolute Gasteiger partial charge is 0.433 e. The van der Waals surface area contributed by atoms with Gasteiger partial charge in [-0.25, -0.2) is 4.98 Å². The predicted octanol–water partition coefficient (Wildman–Crippen LogP) is 2.89. The summed E-state index contributed by atoms with van der Waals surface area (Å²) < 4.78 is 41.4. The molecule has 0 saturated heterocycles. The second-order valence-electron chi connectivity index (χ2n) is 3.04. The van der Waals surface area contributed by atoms with E-state index < -0.39 is 11.9 Å². The van der Waals surface area contributed by atoms with Crippen LogP contribution in [0.1, 0.15) is 19.5 Å². The number of pyridine rings is 1. The molecule has 0 N–H and O–H groups in total. The highest BCUT2D eigenvalue weighted by atomic mass is 19.4. The molecule has 0 aliphatic carbocycles. The van der Waals surface area contributed by atoms with Gasteiger partial charge in [0.25, 0.3) is 0 Å². The number of alkyl halides is 3. The summed E-state index contributed by atoms with van der Waals surface area (Å²) in [6.07, 6.45) is -3.40. The Morgan fingerprint density at radius 2 is 1.93 bits per heavy atom. The topological polar surface area (TPSA) is 22.1 Å². The summed E-state index contributed by atoms with van der Waals surface area (Å²) in [6.45, 7) is 3.58.